The Morgan fingerprint density at radius 1 is 1.00 bits per heavy atom. The lowest BCUT2D eigenvalue weighted by atomic mass is 10.2. The number of rotatable bonds is 7. The number of methoxy groups -OCH3 is 1. The summed E-state index contributed by atoms with van der Waals surface area (Å²) in [7, 11) is 1.61. The number of ether oxygens (including phenoxy) is 1. The predicted octanol–water partition coefficient (Wildman–Crippen LogP) is 5.40. The average Bonchev–Trinajstić information content (AvgIpc) is 2.71. The average molecular weight is 372 g/mol. The van der Waals surface area contributed by atoms with Gasteiger partial charge in [0, 0.05) is 24.5 Å². The van der Waals surface area contributed by atoms with E-state index in [-0.39, 0.29) is 5.91 Å². The Hall–Kier alpha value is -2.95. The van der Waals surface area contributed by atoms with Crippen molar-refractivity contribution in [2.24, 2.45) is 0 Å². The number of benzene rings is 2. The summed E-state index contributed by atoms with van der Waals surface area (Å²) in [6, 6.07) is 15.6. The van der Waals surface area contributed by atoms with Gasteiger partial charge in [0.2, 0.25) is 5.91 Å². The van der Waals surface area contributed by atoms with Crippen LogP contribution in [0.15, 0.2) is 61.2 Å². The Bertz CT molecular complexity index is 658. The van der Waals surface area contributed by atoms with Crippen LogP contribution in [-0.2, 0) is 4.79 Å². The van der Waals surface area contributed by atoms with E-state index in [1.165, 1.54) is 11.8 Å². The van der Waals surface area contributed by atoms with E-state index in [2.05, 4.69) is 41.6 Å². The molecule has 1 amide bonds. The Morgan fingerprint density at radius 3 is 2.15 bits per heavy atom. The second-order valence-corrected chi connectivity index (χ2v) is 5.04. The fraction of sp³-hybridized carbons (Fsp3) is 0.318. The van der Waals surface area contributed by atoms with E-state index < -0.39 is 0 Å². The predicted molar refractivity (Wildman–Crippen MR) is 118 cm³/mol. The van der Waals surface area contributed by atoms with Crippen LogP contribution in [0.1, 0.15) is 27.7 Å². The van der Waals surface area contributed by atoms with Gasteiger partial charge in [0.05, 0.1) is 12.8 Å². The molecule has 0 spiro atoms. The van der Waals surface area contributed by atoms with Crippen molar-refractivity contribution in [3.63, 3.8) is 0 Å². The zero-order valence-electron chi connectivity index (χ0n) is 17.1. The van der Waals surface area contributed by atoms with E-state index in [0.29, 0.717) is 5.69 Å². The Morgan fingerprint density at radius 2 is 1.63 bits per heavy atom. The fourth-order valence-electron chi connectivity index (χ4n) is 2.07. The molecule has 148 valence electrons. The molecular formula is C22H33N3O2. The summed E-state index contributed by atoms with van der Waals surface area (Å²) in [5, 5.41) is 9.05. The summed E-state index contributed by atoms with van der Waals surface area (Å²) in [5.74, 6) is 0.520. The normalized spacial score (nSPS) is 8.78. The molecule has 0 saturated heterocycles. The summed E-state index contributed by atoms with van der Waals surface area (Å²) in [6.07, 6.45) is 1.23. The summed E-state index contributed by atoms with van der Waals surface area (Å²) < 4.78 is 5.19. The molecule has 2 rings (SSSR count). The van der Waals surface area contributed by atoms with Gasteiger partial charge < -0.3 is 20.7 Å². The molecule has 0 atom stereocenters. The topological polar surface area (TPSA) is 62.4 Å². The van der Waals surface area contributed by atoms with E-state index >= 15 is 0 Å². The molecule has 0 saturated carbocycles. The first-order valence-corrected chi connectivity index (χ1v) is 9.28. The first kappa shape index (κ1) is 24.1. The summed E-state index contributed by atoms with van der Waals surface area (Å²) >= 11 is 0. The van der Waals surface area contributed by atoms with Crippen molar-refractivity contribution in [1.82, 2.24) is 0 Å². The van der Waals surface area contributed by atoms with Crippen LogP contribution < -0.4 is 20.7 Å². The van der Waals surface area contributed by atoms with E-state index in [1.807, 2.05) is 45.0 Å². The Labute approximate surface area is 163 Å². The van der Waals surface area contributed by atoms with Gasteiger partial charge in [0.15, 0.2) is 0 Å². The van der Waals surface area contributed by atoms with Gasteiger partial charge in [0.25, 0.3) is 0 Å². The maximum Gasteiger partial charge on any atom is 0.247 e. The minimum atomic E-state index is -0.229. The van der Waals surface area contributed by atoms with Crippen molar-refractivity contribution in [3.05, 3.63) is 61.2 Å². The van der Waals surface area contributed by atoms with Gasteiger partial charge in [-0.3, -0.25) is 4.79 Å². The number of hydrogen-bond acceptors (Lipinski definition) is 4. The standard InChI is InChI=1S/C12H16N2O2.C8H11N.C2H6/c1-4-12(15)14-9-6-7-11(16-3)10(8-9)13-5-2;1-2-9-8-6-4-3-5-7-8;1-2/h4,6-8,13H,1,5H2,2-3H3,(H,14,15);3-7,9H,2H2,1H3;1-2H3. The van der Waals surface area contributed by atoms with Crippen molar-refractivity contribution in [1.29, 1.82) is 0 Å². The minimum Gasteiger partial charge on any atom is -0.495 e. The van der Waals surface area contributed by atoms with Gasteiger partial charge in [-0.05, 0) is 50.3 Å². The van der Waals surface area contributed by atoms with Crippen LogP contribution in [0.4, 0.5) is 17.1 Å². The molecule has 2 aromatic rings. The van der Waals surface area contributed by atoms with E-state index in [9.17, 15) is 4.79 Å². The molecule has 3 N–H and O–H groups in total. The molecule has 0 aromatic heterocycles. The van der Waals surface area contributed by atoms with Crippen molar-refractivity contribution in [2.45, 2.75) is 27.7 Å². The third kappa shape index (κ3) is 9.94. The van der Waals surface area contributed by atoms with Crippen LogP contribution in [0.5, 0.6) is 5.75 Å². The molecule has 0 aliphatic heterocycles. The highest BCUT2D eigenvalue weighted by Crippen LogP contribution is 2.27. The van der Waals surface area contributed by atoms with Crippen molar-refractivity contribution in [2.75, 3.05) is 36.1 Å². The molecule has 2 aromatic carbocycles. The largest absolute Gasteiger partial charge is 0.495 e. The number of carbonyl (C=O) groups is 1. The Kier molecular flexibility index (Phi) is 13.6. The summed E-state index contributed by atoms with van der Waals surface area (Å²) in [6.45, 7) is 13.3. The molecule has 0 radical (unpaired) electrons. The van der Waals surface area contributed by atoms with Gasteiger partial charge in [-0.15, -0.1) is 0 Å². The van der Waals surface area contributed by atoms with Crippen LogP contribution in [0, 0.1) is 0 Å². The molecule has 0 heterocycles. The quantitative estimate of drug-likeness (QED) is 0.571. The second kappa shape index (κ2) is 15.3. The maximum absolute atomic E-state index is 11.1. The smallest absolute Gasteiger partial charge is 0.247 e. The van der Waals surface area contributed by atoms with Gasteiger partial charge in [-0.25, -0.2) is 0 Å². The summed E-state index contributed by atoms with van der Waals surface area (Å²) in [5.41, 5.74) is 2.76. The lowest BCUT2D eigenvalue weighted by Crippen LogP contribution is -2.08. The SMILES string of the molecule is C=CC(=O)Nc1ccc(OC)c(NCC)c1.CC.CCNc1ccccc1. The molecule has 5 heteroatoms. The lowest BCUT2D eigenvalue weighted by molar-refractivity contribution is -0.111. The van der Waals surface area contributed by atoms with Crippen molar-refractivity contribution < 1.29 is 9.53 Å². The van der Waals surface area contributed by atoms with Crippen LogP contribution in [-0.4, -0.2) is 26.1 Å². The number of para-hydroxylation sites is 1. The van der Waals surface area contributed by atoms with Crippen LogP contribution in [0.3, 0.4) is 0 Å². The molecule has 27 heavy (non-hydrogen) atoms. The van der Waals surface area contributed by atoms with E-state index in [1.54, 1.807) is 19.2 Å². The highest BCUT2D eigenvalue weighted by Gasteiger charge is 2.04. The van der Waals surface area contributed by atoms with Gasteiger partial charge in [-0.2, -0.15) is 0 Å². The van der Waals surface area contributed by atoms with Gasteiger partial charge >= 0.3 is 0 Å². The molecular weight excluding hydrogens is 338 g/mol. The Balaban J connectivity index is 0.000000519. The summed E-state index contributed by atoms with van der Waals surface area (Å²) in [4.78, 5) is 11.1. The number of amides is 1. The third-order valence-corrected chi connectivity index (χ3v) is 3.17. The van der Waals surface area contributed by atoms with Gasteiger partial charge in [0.1, 0.15) is 5.75 Å². The number of carbonyl (C=O) groups excluding carboxylic acids is 1. The second-order valence-electron chi connectivity index (χ2n) is 5.04. The van der Waals surface area contributed by atoms with Crippen LogP contribution >= 0.6 is 0 Å². The number of hydrogen-bond donors (Lipinski definition) is 3. The first-order valence-electron chi connectivity index (χ1n) is 9.28. The zero-order chi connectivity index (χ0) is 20.5. The highest BCUT2D eigenvalue weighted by atomic mass is 16.5. The third-order valence-electron chi connectivity index (χ3n) is 3.17. The molecule has 0 bridgehead atoms. The van der Waals surface area contributed by atoms with Crippen molar-refractivity contribution >= 4 is 23.0 Å². The molecule has 0 unspecified atom stereocenters. The fourth-order valence-corrected chi connectivity index (χ4v) is 2.07. The molecule has 0 fully saturated rings. The first-order chi connectivity index (χ1) is 13.1. The van der Waals surface area contributed by atoms with Crippen LogP contribution in [0.25, 0.3) is 0 Å². The molecule has 0 aliphatic carbocycles. The molecule has 5 nitrogen and oxygen atoms in total. The minimum absolute atomic E-state index is 0.229. The lowest BCUT2D eigenvalue weighted by Gasteiger charge is -2.11. The van der Waals surface area contributed by atoms with Gasteiger partial charge in [-0.1, -0.05) is 38.6 Å². The van der Waals surface area contributed by atoms with E-state index in [4.69, 9.17) is 4.74 Å². The molecule has 0 aliphatic rings. The number of nitrogens with one attached hydrogen (secondary N) is 3. The monoisotopic (exact) mass is 371 g/mol. The number of anilines is 3. The van der Waals surface area contributed by atoms with Crippen LogP contribution in [0.2, 0.25) is 0 Å². The van der Waals surface area contributed by atoms with Crippen molar-refractivity contribution in [3.8, 4) is 5.75 Å². The highest BCUT2D eigenvalue weighted by molar-refractivity contribution is 5.99. The maximum atomic E-state index is 11.1. The zero-order valence-corrected chi connectivity index (χ0v) is 17.1. The van der Waals surface area contributed by atoms with E-state index in [0.717, 1.165) is 24.5 Å².